The molecule has 0 N–H and O–H groups in total. The molecule has 0 aliphatic heterocycles. The van der Waals surface area contributed by atoms with Crippen molar-refractivity contribution in [3.8, 4) is 0 Å². The van der Waals surface area contributed by atoms with Crippen LogP contribution in [-0.2, 0) is 0 Å². The minimum absolute atomic E-state index is 0.441. The molecule has 0 amide bonds. The molecule has 0 aliphatic rings. The molecule has 0 aliphatic carbocycles. The van der Waals surface area contributed by atoms with E-state index in [1.165, 1.54) is 21.2 Å². The van der Waals surface area contributed by atoms with Gasteiger partial charge in [0.1, 0.15) is 0 Å². The number of hydrogen-bond donors (Lipinski definition) is 0. The van der Waals surface area contributed by atoms with E-state index in [1.807, 2.05) is 0 Å². The molecule has 0 fully saturated rings. The Hall–Kier alpha value is -2.35. The van der Waals surface area contributed by atoms with Gasteiger partial charge in [0.05, 0.1) is 0 Å². The summed E-state index contributed by atoms with van der Waals surface area (Å²) in [6.07, 6.45) is 0. The summed E-state index contributed by atoms with van der Waals surface area (Å²) in [6, 6.07) is 68.8. The van der Waals surface area contributed by atoms with Crippen LogP contribution in [0.25, 0.3) is 0 Å². The van der Waals surface area contributed by atoms with E-state index in [0.717, 1.165) is 0 Å². The summed E-state index contributed by atoms with van der Waals surface area (Å²) in [5.41, 5.74) is 0. The zero-order valence-corrected chi connectivity index (χ0v) is 29.6. The molecule has 0 saturated heterocycles. The van der Waals surface area contributed by atoms with Crippen LogP contribution in [0.1, 0.15) is 0 Å². The van der Waals surface area contributed by atoms with E-state index in [-0.39, 0.29) is 0 Å². The van der Waals surface area contributed by atoms with Crippen molar-refractivity contribution in [2.75, 3.05) is 0 Å². The molecule has 0 aromatic heterocycles. The quantitative estimate of drug-likeness (QED) is 0.108. The van der Waals surface area contributed by atoms with E-state index in [0.29, 0.717) is 34.2 Å². The molecular formula is C37H33P3Se2. The molecule has 6 aromatic rings. The summed E-state index contributed by atoms with van der Waals surface area (Å²) >= 11 is 0.881. The SMILES string of the molecule is c1ccc([Se][PH2]([Se]c2ccccc2)C(P(c2ccccc2)c2ccccc2)P(c2ccccc2)c2ccccc2)cc1. The van der Waals surface area contributed by atoms with Crippen molar-refractivity contribution < 1.29 is 0 Å². The number of rotatable bonds is 11. The summed E-state index contributed by atoms with van der Waals surface area (Å²) in [6.45, 7) is 0. The van der Waals surface area contributed by atoms with E-state index < -0.39 is 21.1 Å². The zero-order valence-electron chi connectivity index (χ0n) is 23.2. The van der Waals surface area contributed by atoms with Crippen molar-refractivity contribution in [1.29, 1.82) is 0 Å². The Kier molecular flexibility index (Phi) is 10.9. The fourth-order valence-corrected chi connectivity index (χ4v) is 46.2. The molecule has 0 bridgehead atoms. The Morgan fingerprint density at radius 1 is 0.333 bits per heavy atom. The molecule has 0 spiro atoms. The van der Waals surface area contributed by atoms with Gasteiger partial charge in [-0.2, -0.15) is 0 Å². The van der Waals surface area contributed by atoms with Gasteiger partial charge in [-0.05, 0) is 0 Å². The summed E-state index contributed by atoms with van der Waals surface area (Å²) < 4.78 is 3.10. The molecule has 0 radical (unpaired) electrons. The molecule has 208 valence electrons. The molecule has 0 heterocycles. The van der Waals surface area contributed by atoms with Crippen molar-refractivity contribution in [1.82, 2.24) is 0 Å². The first-order valence-electron chi connectivity index (χ1n) is 14.1. The number of benzene rings is 6. The molecular weight excluding hydrogens is 695 g/mol. The second-order valence-electron chi connectivity index (χ2n) is 9.73. The molecule has 0 nitrogen and oxygen atoms in total. The fourth-order valence-electron chi connectivity index (χ4n) is 5.03. The van der Waals surface area contributed by atoms with Crippen molar-refractivity contribution in [2.24, 2.45) is 0 Å². The van der Waals surface area contributed by atoms with Gasteiger partial charge < -0.3 is 0 Å². The molecule has 0 unspecified atom stereocenters. The Bertz CT molecular complexity index is 1420. The van der Waals surface area contributed by atoms with Crippen LogP contribution < -0.4 is 30.1 Å². The standard InChI is InChI=1S/C37H33P3Se2/c1-7-19-31(20-8-1)38(32-21-9-2-10-22-32)37(39(33-23-11-3-12-24-33)34-25-13-4-14-26-34)40(41-35-27-15-5-16-28-35)42-36-29-17-6-18-30-36/h1-30,37H,40H2. The van der Waals surface area contributed by atoms with E-state index in [2.05, 4.69) is 182 Å². The van der Waals surface area contributed by atoms with Crippen LogP contribution in [-0.4, -0.2) is 34.2 Å². The number of hydrogen-bond acceptors (Lipinski definition) is 0. The predicted octanol–water partition coefficient (Wildman–Crippen LogP) is 6.37. The van der Waals surface area contributed by atoms with Crippen LogP contribution in [0, 0.1) is 0 Å². The van der Waals surface area contributed by atoms with Gasteiger partial charge in [0, 0.05) is 0 Å². The molecule has 6 aromatic carbocycles. The van der Waals surface area contributed by atoms with Gasteiger partial charge in [0.2, 0.25) is 0 Å². The third kappa shape index (κ3) is 7.59. The molecule has 0 atom stereocenters. The molecule has 0 saturated carbocycles. The van der Waals surface area contributed by atoms with Gasteiger partial charge in [-0.15, -0.1) is 0 Å². The van der Waals surface area contributed by atoms with Gasteiger partial charge in [0.25, 0.3) is 0 Å². The van der Waals surface area contributed by atoms with Crippen molar-refractivity contribution in [3.05, 3.63) is 182 Å². The summed E-state index contributed by atoms with van der Waals surface area (Å²) in [4.78, 5) is 0. The maximum atomic E-state index is 2.41. The van der Waals surface area contributed by atoms with Gasteiger partial charge in [-0.1, -0.05) is 0 Å². The first-order valence-corrected chi connectivity index (χ1v) is 26.2. The van der Waals surface area contributed by atoms with Crippen molar-refractivity contribution in [3.63, 3.8) is 0 Å². The minimum atomic E-state index is -1.41. The van der Waals surface area contributed by atoms with Crippen molar-refractivity contribution in [2.45, 2.75) is 5.14 Å². The van der Waals surface area contributed by atoms with Gasteiger partial charge in [0.15, 0.2) is 0 Å². The predicted molar refractivity (Wildman–Crippen MR) is 195 cm³/mol. The van der Waals surface area contributed by atoms with E-state index >= 15 is 0 Å². The molecule has 42 heavy (non-hydrogen) atoms. The van der Waals surface area contributed by atoms with Crippen LogP contribution in [0.5, 0.6) is 0 Å². The van der Waals surface area contributed by atoms with Crippen LogP contribution in [0.4, 0.5) is 0 Å². The van der Waals surface area contributed by atoms with Gasteiger partial charge >= 0.3 is 267 Å². The Morgan fingerprint density at radius 3 is 0.833 bits per heavy atom. The zero-order chi connectivity index (χ0) is 28.4. The first-order chi connectivity index (χ1) is 20.9. The van der Waals surface area contributed by atoms with Crippen LogP contribution in [0.15, 0.2) is 182 Å². The normalized spacial score (nSPS) is 11.6. The van der Waals surface area contributed by atoms with Gasteiger partial charge in [-0.3, -0.25) is 0 Å². The average Bonchev–Trinajstić information content (AvgIpc) is 3.07. The third-order valence-corrected chi connectivity index (χ3v) is 40.5. The Morgan fingerprint density at radius 2 is 0.571 bits per heavy atom. The summed E-state index contributed by atoms with van der Waals surface area (Å²) in [5, 5.41) is 5.22. The second-order valence-corrected chi connectivity index (χ2v) is 33.7. The van der Waals surface area contributed by atoms with E-state index in [9.17, 15) is 0 Å². The average molecular weight is 729 g/mol. The third-order valence-electron chi connectivity index (χ3n) is 6.90. The monoisotopic (exact) mass is 730 g/mol. The Labute approximate surface area is 265 Å². The summed E-state index contributed by atoms with van der Waals surface area (Å²) in [7, 11) is -1.22. The van der Waals surface area contributed by atoms with E-state index in [1.54, 1.807) is 8.92 Å². The maximum absolute atomic E-state index is 2.41. The van der Waals surface area contributed by atoms with Crippen LogP contribution in [0.2, 0.25) is 0 Å². The van der Waals surface area contributed by atoms with Crippen LogP contribution in [0.3, 0.4) is 0 Å². The van der Waals surface area contributed by atoms with Gasteiger partial charge in [-0.25, -0.2) is 0 Å². The Balaban J connectivity index is 1.61. The van der Waals surface area contributed by atoms with Crippen molar-refractivity contribution >= 4 is 80.3 Å². The fraction of sp³-hybridized carbons (Fsp3) is 0.0270. The molecule has 6 rings (SSSR count). The molecule has 5 heteroatoms. The second kappa shape index (κ2) is 15.4. The van der Waals surface area contributed by atoms with Crippen LogP contribution >= 0.6 is 21.1 Å². The van der Waals surface area contributed by atoms with E-state index in [4.69, 9.17) is 0 Å². The topological polar surface area (TPSA) is 0 Å². The first kappa shape index (κ1) is 29.7. The summed E-state index contributed by atoms with van der Waals surface area (Å²) in [5.74, 6) is 0.